The summed E-state index contributed by atoms with van der Waals surface area (Å²) in [5.74, 6) is 2.50. The number of hydrogen-bond acceptors (Lipinski definition) is 4. The van der Waals surface area contributed by atoms with Crippen LogP contribution in [0.1, 0.15) is 32.6 Å². The van der Waals surface area contributed by atoms with Gasteiger partial charge in [-0.1, -0.05) is 25.5 Å². The maximum absolute atomic E-state index is 4.64. The molecule has 0 unspecified atom stereocenters. The summed E-state index contributed by atoms with van der Waals surface area (Å²) in [5.41, 5.74) is 0.997. The van der Waals surface area contributed by atoms with Gasteiger partial charge in [0.1, 0.15) is 5.82 Å². The van der Waals surface area contributed by atoms with E-state index in [1.54, 1.807) is 0 Å². The van der Waals surface area contributed by atoms with Crippen LogP contribution < -0.4 is 10.6 Å². The van der Waals surface area contributed by atoms with Crippen LogP contribution in [0.15, 0.2) is 24.3 Å². The van der Waals surface area contributed by atoms with Crippen LogP contribution in [0.3, 0.4) is 0 Å². The number of aromatic nitrogens is 2. The van der Waals surface area contributed by atoms with Gasteiger partial charge in [-0.3, -0.25) is 0 Å². The van der Waals surface area contributed by atoms with Crippen molar-refractivity contribution in [2.24, 2.45) is 5.92 Å². The molecule has 1 aliphatic carbocycles. The van der Waals surface area contributed by atoms with Crippen LogP contribution in [0.25, 0.3) is 10.9 Å². The predicted octanol–water partition coefficient (Wildman–Crippen LogP) is 3.66. The molecule has 1 heterocycles. The lowest BCUT2D eigenvalue weighted by molar-refractivity contribution is 0.333. The molecule has 0 spiro atoms. The first-order valence-electron chi connectivity index (χ1n) is 7.61. The first-order valence-corrected chi connectivity index (χ1v) is 7.61. The van der Waals surface area contributed by atoms with E-state index >= 15 is 0 Å². The molecular weight excluding hydrogens is 248 g/mol. The Morgan fingerprint density at radius 2 is 2.00 bits per heavy atom. The highest BCUT2D eigenvalue weighted by Crippen LogP contribution is 2.28. The summed E-state index contributed by atoms with van der Waals surface area (Å²) in [5, 5.41) is 7.90. The molecule has 0 atom stereocenters. The van der Waals surface area contributed by atoms with Gasteiger partial charge in [-0.2, -0.15) is 4.98 Å². The molecule has 0 bridgehead atoms. The molecule has 0 amide bonds. The Morgan fingerprint density at radius 1 is 1.15 bits per heavy atom. The van der Waals surface area contributed by atoms with Gasteiger partial charge in [-0.05, 0) is 37.3 Å². The summed E-state index contributed by atoms with van der Waals surface area (Å²) in [6.07, 6.45) is 5.13. The van der Waals surface area contributed by atoms with Gasteiger partial charge in [-0.25, -0.2) is 4.98 Å². The van der Waals surface area contributed by atoms with Crippen molar-refractivity contribution < 1.29 is 0 Å². The van der Waals surface area contributed by atoms with E-state index in [-0.39, 0.29) is 0 Å². The number of nitrogens with one attached hydrogen (secondary N) is 2. The molecule has 106 valence electrons. The number of benzene rings is 1. The van der Waals surface area contributed by atoms with Crippen LogP contribution in [0.5, 0.6) is 0 Å². The number of rotatable bonds is 6. The van der Waals surface area contributed by atoms with Crippen molar-refractivity contribution in [3.05, 3.63) is 24.3 Å². The lowest BCUT2D eigenvalue weighted by atomic mass is 9.85. The SMILES string of the molecule is CCCNc1nc(NCC2CCC2)c2ccccc2n1. The molecule has 1 aromatic carbocycles. The lowest BCUT2D eigenvalue weighted by Gasteiger charge is -2.25. The fraction of sp³-hybridized carbons (Fsp3) is 0.500. The molecular formula is C16H22N4. The van der Waals surface area contributed by atoms with Crippen LogP contribution in [0.2, 0.25) is 0 Å². The molecule has 0 radical (unpaired) electrons. The number of para-hydroxylation sites is 1. The van der Waals surface area contributed by atoms with Crippen LogP contribution in [0.4, 0.5) is 11.8 Å². The smallest absolute Gasteiger partial charge is 0.225 e. The van der Waals surface area contributed by atoms with Crippen LogP contribution in [0, 0.1) is 5.92 Å². The number of hydrogen-bond donors (Lipinski definition) is 2. The van der Waals surface area contributed by atoms with Crippen molar-refractivity contribution in [1.29, 1.82) is 0 Å². The summed E-state index contributed by atoms with van der Waals surface area (Å²) in [4.78, 5) is 9.21. The van der Waals surface area contributed by atoms with Crippen molar-refractivity contribution in [3.63, 3.8) is 0 Å². The first kappa shape index (κ1) is 13.2. The van der Waals surface area contributed by atoms with Gasteiger partial charge >= 0.3 is 0 Å². The second-order valence-electron chi connectivity index (χ2n) is 5.52. The Kier molecular flexibility index (Phi) is 4.00. The van der Waals surface area contributed by atoms with E-state index in [1.165, 1.54) is 19.3 Å². The minimum absolute atomic E-state index is 0.724. The maximum atomic E-state index is 4.64. The highest BCUT2D eigenvalue weighted by atomic mass is 15.1. The molecule has 2 aromatic rings. The van der Waals surface area contributed by atoms with Crippen molar-refractivity contribution in [3.8, 4) is 0 Å². The molecule has 0 aliphatic heterocycles. The third-order valence-electron chi connectivity index (χ3n) is 3.92. The summed E-state index contributed by atoms with van der Waals surface area (Å²) in [6, 6.07) is 8.19. The summed E-state index contributed by atoms with van der Waals surface area (Å²) < 4.78 is 0. The van der Waals surface area contributed by atoms with Gasteiger partial charge in [0.2, 0.25) is 5.95 Å². The lowest BCUT2D eigenvalue weighted by Crippen LogP contribution is -2.21. The van der Waals surface area contributed by atoms with E-state index in [0.717, 1.165) is 48.1 Å². The van der Waals surface area contributed by atoms with E-state index in [1.807, 2.05) is 18.2 Å². The van der Waals surface area contributed by atoms with Crippen molar-refractivity contribution in [2.75, 3.05) is 23.7 Å². The van der Waals surface area contributed by atoms with E-state index in [4.69, 9.17) is 0 Å². The molecule has 1 saturated carbocycles. The molecule has 4 heteroatoms. The summed E-state index contributed by atoms with van der Waals surface area (Å²) in [6.45, 7) is 4.07. The molecule has 0 saturated heterocycles. The Hall–Kier alpha value is -1.84. The van der Waals surface area contributed by atoms with Crippen LogP contribution in [-0.4, -0.2) is 23.1 Å². The normalized spacial score (nSPS) is 15.1. The number of fused-ring (bicyclic) bond motifs is 1. The average molecular weight is 270 g/mol. The predicted molar refractivity (Wildman–Crippen MR) is 84.1 cm³/mol. The van der Waals surface area contributed by atoms with Gasteiger partial charge in [-0.15, -0.1) is 0 Å². The molecule has 20 heavy (non-hydrogen) atoms. The van der Waals surface area contributed by atoms with Crippen molar-refractivity contribution in [2.45, 2.75) is 32.6 Å². The molecule has 1 fully saturated rings. The molecule has 4 nitrogen and oxygen atoms in total. The monoisotopic (exact) mass is 270 g/mol. The van der Waals surface area contributed by atoms with Gasteiger partial charge in [0, 0.05) is 18.5 Å². The van der Waals surface area contributed by atoms with E-state index < -0.39 is 0 Å². The van der Waals surface area contributed by atoms with Crippen molar-refractivity contribution >= 4 is 22.7 Å². The largest absolute Gasteiger partial charge is 0.369 e. The van der Waals surface area contributed by atoms with Gasteiger partial charge in [0.15, 0.2) is 0 Å². The molecule has 2 N–H and O–H groups in total. The molecule has 3 rings (SSSR count). The quantitative estimate of drug-likeness (QED) is 0.841. The Bertz CT molecular complexity index is 578. The highest BCUT2D eigenvalue weighted by molar-refractivity contribution is 5.90. The van der Waals surface area contributed by atoms with Gasteiger partial charge in [0.25, 0.3) is 0 Å². The summed E-state index contributed by atoms with van der Waals surface area (Å²) >= 11 is 0. The number of nitrogens with zero attached hydrogens (tertiary/aromatic N) is 2. The second kappa shape index (κ2) is 6.07. The first-order chi connectivity index (χ1) is 9.86. The highest BCUT2D eigenvalue weighted by Gasteiger charge is 2.17. The number of anilines is 2. The zero-order chi connectivity index (χ0) is 13.8. The Balaban J connectivity index is 1.85. The Labute approximate surface area is 120 Å². The van der Waals surface area contributed by atoms with Crippen LogP contribution in [-0.2, 0) is 0 Å². The minimum Gasteiger partial charge on any atom is -0.369 e. The fourth-order valence-corrected chi connectivity index (χ4v) is 2.47. The van der Waals surface area contributed by atoms with E-state index in [0.29, 0.717) is 0 Å². The third kappa shape index (κ3) is 2.84. The topological polar surface area (TPSA) is 49.8 Å². The standard InChI is InChI=1S/C16H22N4/c1-2-10-17-16-19-14-9-4-3-8-13(14)15(20-16)18-11-12-6-5-7-12/h3-4,8-9,12H,2,5-7,10-11H2,1H3,(H2,17,18,19,20). The molecule has 1 aliphatic rings. The maximum Gasteiger partial charge on any atom is 0.225 e. The Morgan fingerprint density at radius 3 is 2.75 bits per heavy atom. The minimum atomic E-state index is 0.724. The third-order valence-corrected chi connectivity index (χ3v) is 3.92. The van der Waals surface area contributed by atoms with E-state index in [9.17, 15) is 0 Å². The van der Waals surface area contributed by atoms with Crippen LogP contribution >= 0.6 is 0 Å². The second-order valence-corrected chi connectivity index (χ2v) is 5.52. The average Bonchev–Trinajstić information content (AvgIpc) is 2.43. The zero-order valence-electron chi connectivity index (χ0n) is 12.0. The summed E-state index contributed by atoms with van der Waals surface area (Å²) in [7, 11) is 0. The van der Waals surface area contributed by atoms with Gasteiger partial charge in [0.05, 0.1) is 5.52 Å². The fourth-order valence-electron chi connectivity index (χ4n) is 2.47. The van der Waals surface area contributed by atoms with Crippen molar-refractivity contribution in [1.82, 2.24) is 9.97 Å². The zero-order valence-corrected chi connectivity index (χ0v) is 12.0. The van der Waals surface area contributed by atoms with Gasteiger partial charge < -0.3 is 10.6 Å². The molecule has 1 aromatic heterocycles. The van der Waals surface area contributed by atoms with E-state index in [2.05, 4.69) is 33.6 Å².